The fraction of sp³-hybridized carbons (Fsp3) is 0.273. The van der Waals surface area contributed by atoms with Crippen molar-refractivity contribution in [1.29, 1.82) is 0 Å². The number of hydrogen-bond acceptors (Lipinski definition) is 6. The monoisotopic (exact) mass is 470 g/mol. The van der Waals surface area contributed by atoms with Crippen LogP contribution in [0.25, 0.3) is 11.3 Å². The molecule has 1 N–H and O–H groups in total. The van der Waals surface area contributed by atoms with Crippen LogP contribution in [0.3, 0.4) is 0 Å². The van der Waals surface area contributed by atoms with E-state index in [2.05, 4.69) is 14.9 Å². The van der Waals surface area contributed by atoms with E-state index in [9.17, 15) is 13.2 Å². The van der Waals surface area contributed by atoms with E-state index in [4.69, 9.17) is 4.74 Å². The lowest BCUT2D eigenvalue weighted by molar-refractivity contribution is 0.0730. The molecule has 5 rings (SSSR count). The van der Waals surface area contributed by atoms with Crippen molar-refractivity contribution in [2.24, 2.45) is 0 Å². The molecule has 0 aliphatic carbocycles. The zero-order valence-electron chi connectivity index (χ0n) is 17.2. The van der Waals surface area contributed by atoms with Gasteiger partial charge in [0, 0.05) is 42.7 Å². The quantitative estimate of drug-likeness (QED) is 0.616. The normalized spacial score (nSPS) is 16.6. The van der Waals surface area contributed by atoms with Gasteiger partial charge in [0.15, 0.2) is 5.16 Å². The maximum absolute atomic E-state index is 12.9. The highest BCUT2D eigenvalue weighted by Crippen LogP contribution is 2.32. The van der Waals surface area contributed by atoms with E-state index in [1.165, 1.54) is 28.6 Å². The predicted octanol–water partition coefficient (Wildman–Crippen LogP) is 2.93. The standard InChI is InChI=1S/C22H22N4O4S2/c27-21(16-5-7-17(8-6-16)32(28,29)26-9-12-30-13-10-26)23-19-4-2-1-3-18(19)20-15-25-11-14-31-22(25)24-20/h1-8,15H,9-14H2,(H,23,27). The number of sulfonamides is 1. The number of thioether (sulfide) groups is 1. The first kappa shape index (κ1) is 21.2. The van der Waals surface area contributed by atoms with Gasteiger partial charge in [-0.3, -0.25) is 4.79 Å². The van der Waals surface area contributed by atoms with E-state index in [0.717, 1.165) is 28.7 Å². The van der Waals surface area contributed by atoms with Crippen LogP contribution in [0.4, 0.5) is 5.69 Å². The number of ether oxygens (including phenoxy) is 1. The van der Waals surface area contributed by atoms with E-state index in [1.54, 1.807) is 11.8 Å². The summed E-state index contributed by atoms with van der Waals surface area (Å²) in [6, 6.07) is 13.5. The van der Waals surface area contributed by atoms with Crippen LogP contribution < -0.4 is 5.32 Å². The van der Waals surface area contributed by atoms with Gasteiger partial charge >= 0.3 is 0 Å². The number of para-hydroxylation sites is 1. The minimum atomic E-state index is -3.60. The third-order valence-corrected chi connectivity index (χ3v) is 8.36. The van der Waals surface area contributed by atoms with Crippen molar-refractivity contribution >= 4 is 33.4 Å². The second-order valence-corrected chi connectivity index (χ2v) is 10.5. The first-order valence-corrected chi connectivity index (χ1v) is 12.7. The summed E-state index contributed by atoms with van der Waals surface area (Å²) >= 11 is 1.72. The van der Waals surface area contributed by atoms with Gasteiger partial charge in [-0.25, -0.2) is 13.4 Å². The summed E-state index contributed by atoms with van der Waals surface area (Å²) in [6.45, 7) is 2.37. The van der Waals surface area contributed by atoms with Crippen molar-refractivity contribution in [3.63, 3.8) is 0 Å². The smallest absolute Gasteiger partial charge is 0.255 e. The highest BCUT2D eigenvalue weighted by atomic mass is 32.2. The Morgan fingerprint density at radius 1 is 1.03 bits per heavy atom. The molecule has 32 heavy (non-hydrogen) atoms. The van der Waals surface area contributed by atoms with Crippen LogP contribution in [0, 0.1) is 0 Å². The molecular formula is C22H22N4O4S2. The van der Waals surface area contributed by atoms with Gasteiger partial charge in [-0.1, -0.05) is 30.0 Å². The largest absolute Gasteiger partial charge is 0.379 e. The van der Waals surface area contributed by atoms with E-state index in [-0.39, 0.29) is 10.8 Å². The lowest BCUT2D eigenvalue weighted by Gasteiger charge is -2.26. The van der Waals surface area contributed by atoms with Crippen LogP contribution in [-0.2, 0) is 21.3 Å². The Bertz CT molecular complexity index is 1230. The van der Waals surface area contributed by atoms with Gasteiger partial charge in [-0.15, -0.1) is 0 Å². The molecule has 0 atom stereocenters. The topological polar surface area (TPSA) is 93.5 Å². The van der Waals surface area contributed by atoms with E-state index in [1.807, 2.05) is 30.5 Å². The van der Waals surface area contributed by atoms with Gasteiger partial charge in [0.1, 0.15) is 0 Å². The maximum atomic E-state index is 12.9. The maximum Gasteiger partial charge on any atom is 0.255 e. The molecule has 2 aromatic carbocycles. The van der Waals surface area contributed by atoms with Crippen molar-refractivity contribution < 1.29 is 17.9 Å². The number of rotatable bonds is 5. The number of carbonyl (C=O) groups is 1. The molecule has 0 bridgehead atoms. The summed E-state index contributed by atoms with van der Waals surface area (Å²) in [7, 11) is -3.60. The number of hydrogen-bond donors (Lipinski definition) is 1. The molecule has 1 amide bonds. The number of fused-ring (bicyclic) bond motifs is 1. The van der Waals surface area contributed by atoms with E-state index in [0.29, 0.717) is 37.6 Å². The van der Waals surface area contributed by atoms with Crippen molar-refractivity contribution in [1.82, 2.24) is 13.9 Å². The molecule has 0 unspecified atom stereocenters. The number of aryl methyl sites for hydroxylation is 1. The minimum absolute atomic E-state index is 0.168. The zero-order chi connectivity index (χ0) is 22.1. The van der Waals surface area contributed by atoms with Crippen LogP contribution in [-0.4, -0.2) is 60.2 Å². The Hall–Kier alpha value is -2.66. The van der Waals surface area contributed by atoms with Crippen molar-refractivity contribution in [3.8, 4) is 11.3 Å². The van der Waals surface area contributed by atoms with Crippen LogP contribution >= 0.6 is 11.8 Å². The average molecular weight is 471 g/mol. The fourth-order valence-electron chi connectivity index (χ4n) is 3.76. The van der Waals surface area contributed by atoms with Crippen molar-refractivity contribution in [3.05, 3.63) is 60.3 Å². The van der Waals surface area contributed by atoms with Crippen LogP contribution in [0.5, 0.6) is 0 Å². The summed E-state index contributed by atoms with van der Waals surface area (Å²) in [6.07, 6.45) is 2.01. The van der Waals surface area contributed by atoms with E-state index >= 15 is 0 Å². The van der Waals surface area contributed by atoms with Gasteiger partial charge in [0.05, 0.1) is 29.5 Å². The molecule has 0 spiro atoms. The Morgan fingerprint density at radius 3 is 2.53 bits per heavy atom. The molecule has 0 radical (unpaired) electrons. The summed E-state index contributed by atoms with van der Waals surface area (Å²) in [5.74, 6) is 0.715. The molecule has 3 heterocycles. The number of imidazole rings is 1. The number of anilines is 1. The summed E-state index contributed by atoms with van der Waals surface area (Å²) in [5, 5.41) is 3.92. The predicted molar refractivity (Wildman–Crippen MR) is 122 cm³/mol. The number of benzene rings is 2. The highest BCUT2D eigenvalue weighted by Gasteiger charge is 2.26. The molecule has 166 valence electrons. The number of nitrogens with zero attached hydrogens (tertiary/aromatic N) is 3. The van der Waals surface area contributed by atoms with Gasteiger partial charge in [0.2, 0.25) is 10.0 Å². The lowest BCUT2D eigenvalue weighted by Crippen LogP contribution is -2.40. The number of carbonyl (C=O) groups excluding carboxylic acids is 1. The van der Waals surface area contributed by atoms with Gasteiger partial charge in [-0.2, -0.15) is 4.31 Å². The van der Waals surface area contributed by atoms with Gasteiger partial charge in [0.25, 0.3) is 5.91 Å². The van der Waals surface area contributed by atoms with Crippen molar-refractivity contribution in [2.45, 2.75) is 16.6 Å². The Balaban J connectivity index is 1.35. The number of amides is 1. The molecule has 2 aliphatic rings. The summed E-state index contributed by atoms with van der Waals surface area (Å²) in [4.78, 5) is 17.7. The Morgan fingerprint density at radius 2 is 1.78 bits per heavy atom. The first-order valence-electron chi connectivity index (χ1n) is 10.3. The molecule has 1 fully saturated rings. The number of nitrogens with one attached hydrogen (secondary N) is 1. The molecule has 1 aromatic heterocycles. The van der Waals surface area contributed by atoms with Crippen LogP contribution in [0.15, 0.2) is 64.8 Å². The van der Waals surface area contributed by atoms with E-state index < -0.39 is 10.0 Å². The number of morpholine rings is 1. The highest BCUT2D eigenvalue weighted by molar-refractivity contribution is 7.99. The summed E-state index contributed by atoms with van der Waals surface area (Å²) in [5.41, 5.74) is 2.69. The Kier molecular flexibility index (Phi) is 5.76. The van der Waals surface area contributed by atoms with Gasteiger partial charge < -0.3 is 14.6 Å². The molecular weight excluding hydrogens is 448 g/mol. The summed E-state index contributed by atoms with van der Waals surface area (Å²) < 4.78 is 34.3. The SMILES string of the molecule is O=C(Nc1ccccc1-c1cn2c(n1)SCC2)c1ccc(S(=O)(=O)N2CCOCC2)cc1. The second kappa shape index (κ2) is 8.70. The second-order valence-electron chi connectivity index (χ2n) is 7.49. The third kappa shape index (κ3) is 4.06. The number of aromatic nitrogens is 2. The lowest BCUT2D eigenvalue weighted by atomic mass is 10.1. The molecule has 3 aromatic rings. The van der Waals surface area contributed by atoms with Gasteiger partial charge in [-0.05, 0) is 30.3 Å². The minimum Gasteiger partial charge on any atom is -0.379 e. The molecule has 10 heteroatoms. The van der Waals surface area contributed by atoms with Crippen molar-refractivity contribution in [2.75, 3.05) is 37.4 Å². The van der Waals surface area contributed by atoms with Crippen LogP contribution in [0.2, 0.25) is 0 Å². The Labute approximate surface area is 190 Å². The average Bonchev–Trinajstić information content (AvgIpc) is 3.43. The molecule has 2 aliphatic heterocycles. The zero-order valence-corrected chi connectivity index (χ0v) is 18.9. The third-order valence-electron chi connectivity index (χ3n) is 5.48. The fourth-order valence-corrected chi connectivity index (χ4v) is 6.11. The molecule has 0 saturated carbocycles. The molecule has 8 nitrogen and oxygen atoms in total. The van der Waals surface area contributed by atoms with Crippen LogP contribution in [0.1, 0.15) is 10.4 Å². The first-order chi connectivity index (χ1) is 15.5. The molecule has 1 saturated heterocycles.